The van der Waals surface area contributed by atoms with Crippen molar-refractivity contribution in [3.05, 3.63) is 228 Å². The molecule has 0 saturated heterocycles. The van der Waals surface area contributed by atoms with E-state index in [1.807, 2.05) is 0 Å². The van der Waals surface area contributed by atoms with Crippen molar-refractivity contribution in [3.63, 3.8) is 0 Å². The molecule has 0 amide bonds. The van der Waals surface area contributed by atoms with Crippen LogP contribution in [0.4, 0.5) is 5.69 Å². The van der Waals surface area contributed by atoms with Crippen molar-refractivity contribution in [1.82, 2.24) is 4.57 Å². The van der Waals surface area contributed by atoms with Gasteiger partial charge in [0, 0.05) is 39.0 Å². The summed E-state index contributed by atoms with van der Waals surface area (Å²) in [5, 5.41) is 2.55. The summed E-state index contributed by atoms with van der Waals surface area (Å²) in [6.45, 7) is 4.80. The highest BCUT2D eigenvalue weighted by atomic mass is 15.2. The van der Waals surface area contributed by atoms with Gasteiger partial charge in [0.05, 0.1) is 11.0 Å². The molecular formula is C57H46N2. The standard InChI is InChI=1S/C57H46N2/c1-57(2)53-25-11-9-23-49(53)50-33-32-48(38-54(50)57)58(46-30-27-40(28-31-46)39-15-5-3-6-16-39)47-22-14-19-43(36-47)41-17-13-18-42(35-41)44-29-34-56-52(37-44)51-24-10-12-26-55(51)59(56)45-20-7-4-8-21-45/h3-13,15-18,20-31,34-38H,14,19,32-33H2,1-2H3. The maximum atomic E-state index is 2.55. The van der Waals surface area contributed by atoms with Gasteiger partial charge in [0.25, 0.3) is 0 Å². The molecule has 0 radical (unpaired) electrons. The maximum Gasteiger partial charge on any atom is 0.0541 e. The zero-order valence-corrected chi connectivity index (χ0v) is 33.7. The van der Waals surface area contributed by atoms with E-state index in [1.54, 1.807) is 0 Å². The molecule has 3 aliphatic rings. The third kappa shape index (κ3) is 6.02. The fourth-order valence-corrected chi connectivity index (χ4v) is 10.1. The Morgan fingerprint density at radius 1 is 0.508 bits per heavy atom. The lowest BCUT2D eigenvalue weighted by molar-refractivity contribution is 0.648. The quantitative estimate of drug-likeness (QED) is 0.157. The summed E-state index contributed by atoms with van der Waals surface area (Å²) < 4.78 is 2.39. The number of allylic oxidation sites excluding steroid dienone is 7. The summed E-state index contributed by atoms with van der Waals surface area (Å²) in [5.74, 6) is 0. The molecule has 2 nitrogen and oxygen atoms in total. The molecule has 2 heteroatoms. The van der Waals surface area contributed by atoms with Crippen molar-refractivity contribution in [1.29, 1.82) is 0 Å². The van der Waals surface area contributed by atoms with E-state index >= 15 is 0 Å². The fraction of sp³-hybridized carbons (Fsp3) is 0.123. The Labute approximate surface area is 347 Å². The number of hydrogen-bond acceptors (Lipinski definition) is 1. The van der Waals surface area contributed by atoms with E-state index in [0.29, 0.717) is 0 Å². The van der Waals surface area contributed by atoms with Crippen LogP contribution in [0.15, 0.2) is 211 Å². The van der Waals surface area contributed by atoms with Crippen molar-refractivity contribution in [2.75, 3.05) is 4.90 Å². The number of rotatable bonds is 7. The molecule has 3 aliphatic carbocycles. The molecule has 284 valence electrons. The van der Waals surface area contributed by atoms with Gasteiger partial charge >= 0.3 is 0 Å². The average molecular weight is 759 g/mol. The van der Waals surface area contributed by atoms with Crippen LogP contribution in [-0.4, -0.2) is 4.57 Å². The SMILES string of the molecule is CC1(C)C2=C(CCC(N(C3=CCCC(c4cccc(-c5ccc6c(c5)c5ccccc5n6-c5ccccc5)c4)=C3)c3ccc(-c4ccccc4)cc3)=C2)c2ccccc21. The van der Waals surface area contributed by atoms with Crippen LogP contribution >= 0.6 is 0 Å². The Bertz CT molecular complexity index is 3040. The molecule has 0 atom stereocenters. The van der Waals surface area contributed by atoms with Crippen molar-refractivity contribution < 1.29 is 0 Å². The first-order chi connectivity index (χ1) is 29.0. The van der Waals surface area contributed by atoms with E-state index in [9.17, 15) is 0 Å². The Morgan fingerprint density at radius 3 is 2.02 bits per heavy atom. The summed E-state index contributed by atoms with van der Waals surface area (Å²) in [5.41, 5.74) is 20.9. The zero-order chi connectivity index (χ0) is 39.5. The molecule has 1 aromatic heterocycles. The van der Waals surface area contributed by atoms with Gasteiger partial charge < -0.3 is 9.47 Å². The Morgan fingerprint density at radius 2 is 1.17 bits per heavy atom. The van der Waals surface area contributed by atoms with E-state index in [1.165, 1.54) is 100 Å². The van der Waals surface area contributed by atoms with Crippen LogP contribution in [0.5, 0.6) is 0 Å². The van der Waals surface area contributed by atoms with Gasteiger partial charge in [-0.2, -0.15) is 0 Å². The van der Waals surface area contributed by atoms with Crippen molar-refractivity contribution in [2.24, 2.45) is 0 Å². The van der Waals surface area contributed by atoms with Crippen LogP contribution in [0.25, 0.3) is 60.9 Å². The molecule has 0 bridgehead atoms. The molecule has 0 fully saturated rings. The highest BCUT2D eigenvalue weighted by Crippen LogP contribution is 2.52. The minimum absolute atomic E-state index is 0.0394. The summed E-state index contributed by atoms with van der Waals surface area (Å²) in [6.07, 6.45) is 11.5. The van der Waals surface area contributed by atoms with Gasteiger partial charge in [-0.25, -0.2) is 0 Å². The molecule has 11 rings (SSSR count). The number of hydrogen-bond donors (Lipinski definition) is 0. The fourth-order valence-electron chi connectivity index (χ4n) is 10.1. The monoisotopic (exact) mass is 758 g/mol. The first kappa shape index (κ1) is 35.3. The normalized spacial score (nSPS) is 15.7. The second-order valence-electron chi connectivity index (χ2n) is 16.8. The van der Waals surface area contributed by atoms with Crippen LogP contribution in [-0.2, 0) is 5.41 Å². The second kappa shape index (κ2) is 14.2. The topological polar surface area (TPSA) is 8.17 Å². The first-order valence-corrected chi connectivity index (χ1v) is 21.1. The molecule has 8 aromatic rings. The predicted octanol–water partition coefficient (Wildman–Crippen LogP) is 15.1. The van der Waals surface area contributed by atoms with E-state index in [4.69, 9.17) is 0 Å². The Hall–Kier alpha value is -6.90. The molecule has 59 heavy (non-hydrogen) atoms. The van der Waals surface area contributed by atoms with Crippen LogP contribution in [0.3, 0.4) is 0 Å². The highest BCUT2D eigenvalue weighted by Gasteiger charge is 2.38. The van der Waals surface area contributed by atoms with Crippen LogP contribution in [0, 0.1) is 0 Å². The van der Waals surface area contributed by atoms with E-state index < -0.39 is 0 Å². The van der Waals surface area contributed by atoms with E-state index in [-0.39, 0.29) is 5.41 Å². The van der Waals surface area contributed by atoms with Crippen molar-refractivity contribution in [3.8, 4) is 27.9 Å². The summed E-state index contributed by atoms with van der Waals surface area (Å²) >= 11 is 0. The highest BCUT2D eigenvalue weighted by molar-refractivity contribution is 6.10. The predicted molar refractivity (Wildman–Crippen MR) is 250 cm³/mol. The largest absolute Gasteiger partial charge is 0.315 e. The third-order valence-electron chi connectivity index (χ3n) is 13.0. The van der Waals surface area contributed by atoms with E-state index in [0.717, 1.165) is 25.7 Å². The minimum atomic E-state index is -0.0394. The third-order valence-corrected chi connectivity index (χ3v) is 13.0. The Balaban J connectivity index is 0.980. The van der Waals surface area contributed by atoms with Gasteiger partial charge in [-0.15, -0.1) is 0 Å². The summed E-state index contributed by atoms with van der Waals surface area (Å²) in [4.78, 5) is 2.55. The molecule has 0 N–H and O–H groups in total. The van der Waals surface area contributed by atoms with Gasteiger partial charge in [0.1, 0.15) is 0 Å². The van der Waals surface area contributed by atoms with E-state index in [2.05, 4.69) is 217 Å². The van der Waals surface area contributed by atoms with Crippen LogP contribution in [0.1, 0.15) is 56.2 Å². The number of aromatic nitrogens is 1. The van der Waals surface area contributed by atoms with Crippen LogP contribution in [0.2, 0.25) is 0 Å². The number of anilines is 1. The molecule has 0 unspecified atom stereocenters. The van der Waals surface area contributed by atoms with Gasteiger partial charge in [0.15, 0.2) is 0 Å². The minimum Gasteiger partial charge on any atom is -0.315 e. The van der Waals surface area contributed by atoms with Crippen molar-refractivity contribution >= 4 is 38.6 Å². The van der Waals surface area contributed by atoms with Gasteiger partial charge in [-0.05, 0) is 142 Å². The molecule has 0 spiro atoms. The number of benzene rings is 7. The Kier molecular flexibility index (Phi) is 8.48. The lowest BCUT2D eigenvalue weighted by atomic mass is 9.79. The van der Waals surface area contributed by atoms with Gasteiger partial charge in [0.2, 0.25) is 0 Å². The maximum absolute atomic E-state index is 2.55. The number of fused-ring (bicyclic) bond motifs is 5. The molecule has 0 saturated carbocycles. The zero-order valence-electron chi connectivity index (χ0n) is 33.7. The second-order valence-corrected chi connectivity index (χ2v) is 16.8. The molecule has 0 aliphatic heterocycles. The first-order valence-electron chi connectivity index (χ1n) is 21.1. The smallest absolute Gasteiger partial charge is 0.0541 e. The van der Waals surface area contributed by atoms with Gasteiger partial charge in [-0.1, -0.05) is 147 Å². The molecule has 7 aromatic carbocycles. The lowest BCUT2D eigenvalue weighted by Crippen LogP contribution is -2.25. The molecule has 1 heterocycles. The molecular weight excluding hydrogens is 713 g/mol. The summed E-state index contributed by atoms with van der Waals surface area (Å²) in [6, 6.07) is 64.6. The summed E-state index contributed by atoms with van der Waals surface area (Å²) in [7, 11) is 0. The van der Waals surface area contributed by atoms with Crippen molar-refractivity contribution in [2.45, 2.75) is 44.9 Å². The lowest BCUT2D eigenvalue weighted by Gasteiger charge is -2.34. The average Bonchev–Trinajstić information content (AvgIpc) is 3.75. The number of para-hydroxylation sites is 2. The number of nitrogens with zero attached hydrogens (tertiary/aromatic N) is 2. The van der Waals surface area contributed by atoms with Crippen LogP contribution < -0.4 is 4.90 Å². The van der Waals surface area contributed by atoms with Gasteiger partial charge in [-0.3, -0.25) is 0 Å².